The minimum absolute atomic E-state index is 0.298. The van der Waals surface area contributed by atoms with E-state index in [1.54, 1.807) is 35.2 Å². The van der Waals surface area contributed by atoms with E-state index in [0.29, 0.717) is 11.1 Å². The molecule has 0 bridgehead atoms. The van der Waals surface area contributed by atoms with Crippen LogP contribution in [-0.4, -0.2) is 23.3 Å². The summed E-state index contributed by atoms with van der Waals surface area (Å²) in [6.07, 6.45) is 0. The minimum Gasteiger partial charge on any atom is -0.454 e. The van der Waals surface area contributed by atoms with Gasteiger partial charge in [0.15, 0.2) is 16.7 Å². The maximum Gasteiger partial charge on any atom is 0.338 e. The Morgan fingerprint density at radius 1 is 0.933 bits per heavy atom. The molecule has 30 heavy (non-hydrogen) atoms. The second-order valence-electron chi connectivity index (χ2n) is 6.44. The fourth-order valence-corrected chi connectivity index (χ4v) is 4.75. The molecule has 150 valence electrons. The number of benzene rings is 3. The molecule has 0 N–H and O–H groups in total. The quantitative estimate of drug-likeness (QED) is 0.209. The fourth-order valence-electron chi connectivity index (χ4n) is 2.73. The van der Waals surface area contributed by atoms with Crippen molar-refractivity contribution in [3.8, 4) is 0 Å². The monoisotopic (exact) mass is 437 g/mol. The summed E-state index contributed by atoms with van der Waals surface area (Å²) < 4.78 is 20.2. The van der Waals surface area contributed by atoms with Crippen LogP contribution >= 0.6 is 23.1 Å². The summed E-state index contributed by atoms with van der Waals surface area (Å²) in [5.41, 5.74) is 2.72. The van der Waals surface area contributed by atoms with Gasteiger partial charge in [-0.25, -0.2) is 14.2 Å². The average molecular weight is 438 g/mol. The van der Waals surface area contributed by atoms with Crippen LogP contribution in [0.25, 0.3) is 10.2 Å². The van der Waals surface area contributed by atoms with Gasteiger partial charge in [0, 0.05) is 11.3 Å². The van der Waals surface area contributed by atoms with Gasteiger partial charge in [-0.05, 0) is 54.1 Å². The molecule has 0 amide bonds. The second-order valence-corrected chi connectivity index (χ2v) is 8.69. The molecule has 3 aromatic carbocycles. The van der Waals surface area contributed by atoms with E-state index in [9.17, 15) is 14.0 Å². The molecule has 0 unspecified atom stereocenters. The first-order chi connectivity index (χ1) is 14.6. The van der Waals surface area contributed by atoms with Crippen molar-refractivity contribution in [2.45, 2.75) is 10.1 Å². The zero-order valence-corrected chi connectivity index (χ0v) is 17.3. The Morgan fingerprint density at radius 2 is 1.63 bits per heavy atom. The maximum atomic E-state index is 12.9. The van der Waals surface area contributed by atoms with Crippen molar-refractivity contribution in [1.29, 1.82) is 0 Å². The lowest BCUT2D eigenvalue weighted by Gasteiger charge is -2.05. The fraction of sp³-hybridized carbons (Fsp3) is 0.0870. The summed E-state index contributed by atoms with van der Waals surface area (Å²) in [6.45, 7) is -0.389. The Hall–Kier alpha value is -3.03. The minimum atomic E-state index is -0.573. The molecule has 7 heteroatoms. The summed E-state index contributed by atoms with van der Waals surface area (Å²) >= 11 is 3.30. The third kappa shape index (κ3) is 4.93. The SMILES string of the molecule is O=C(COC(=O)c1ccc(CSc2nc3ccccc3s2)cc1)c1ccc(F)cc1. The highest BCUT2D eigenvalue weighted by molar-refractivity contribution is 8.00. The topological polar surface area (TPSA) is 56.3 Å². The van der Waals surface area contributed by atoms with Crippen LogP contribution in [0.4, 0.5) is 4.39 Å². The van der Waals surface area contributed by atoms with E-state index < -0.39 is 11.8 Å². The Bertz CT molecular complexity index is 1150. The predicted octanol–water partition coefficient (Wildman–Crippen LogP) is 5.77. The highest BCUT2D eigenvalue weighted by atomic mass is 32.2. The van der Waals surface area contributed by atoms with Crippen LogP contribution in [-0.2, 0) is 10.5 Å². The lowest BCUT2D eigenvalue weighted by atomic mass is 10.1. The average Bonchev–Trinajstić information content (AvgIpc) is 3.20. The van der Waals surface area contributed by atoms with Crippen LogP contribution in [0, 0.1) is 5.82 Å². The number of carbonyl (C=O) groups excluding carboxylic acids is 2. The van der Waals surface area contributed by atoms with E-state index in [4.69, 9.17) is 4.74 Å². The zero-order valence-electron chi connectivity index (χ0n) is 15.7. The molecule has 1 heterocycles. The Labute approximate surface area is 180 Å². The number of carbonyl (C=O) groups is 2. The van der Waals surface area contributed by atoms with Gasteiger partial charge in [-0.2, -0.15) is 0 Å². The number of ketones is 1. The molecule has 0 fully saturated rings. The van der Waals surface area contributed by atoms with Gasteiger partial charge in [-0.15, -0.1) is 11.3 Å². The van der Waals surface area contributed by atoms with E-state index in [-0.39, 0.29) is 12.4 Å². The van der Waals surface area contributed by atoms with Crippen LogP contribution < -0.4 is 0 Å². The van der Waals surface area contributed by atoms with Crippen molar-refractivity contribution < 1.29 is 18.7 Å². The van der Waals surface area contributed by atoms with Crippen LogP contribution in [0.2, 0.25) is 0 Å². The molecule has 0 atom stereocenters. The Kier molecular flexibility index (Phi) is 6.21. The van der Waals surface area contributed by atoms with Crippen LogP contribution in [0.3, 0.4) is 0 Å². The third-order valence-electron chi connectivity index (χ3n) is 4.33. The van der Waals surface area contributed by atoms with Crippen molar-refractivity contribution in [3.63, 3.8) is 0 Å². The molecule has 4 aromatic rings. The number of halogens is 1. The number of fused-ring (bicyclic) bond motifs is 1. The molecule has 4 nitrogen and oxygen atoms in total. The van der Waals surface area contributed by atoms with Gasteiger partial charge < -0.3 is 4.74 Å². The lowest BCUT2D eigenvalue weighted by Crippen LogP contribution is -2.14. The molecule has 0 saturated heterocycles. The van der Waals surface area contributed by atoms with Gasteiger partial charge in [0.05, 0.1) is 15.8 Å². The van der Waals surface area contributed by atoms with E-state index in [1.807, 2.05) is 30.3 Å². The number of hydrogen-bond acceptors (Lipinski definition) is 6. The molecule has 1 aromatic heterocycles. The van der Waals surface area contributed by atoms with Crippen molar-refractivity contribution in [1.82, 2.24) is 4.98 Å². The summed E-state index contributed by atoms with van der Waals surface area (Å²) in [5.74, 6) is -0.647. The number of aromatic nitrogens is 1. The molecular weight excluding hydrogens is 421 g/mol. The first-order valence-corrected chi connectivity index (χ1v) is 10.9. The molecular formula is C23H16FNO3S2. The highest BCUT2D eigenvalue weighted by Crippen LogP contribution is 2.31. The molecule has 0 aliphatic heterocycles. The number of esters is 1. The van der Waals surface area contributed by atoms with Gasteiger partial charge in [-0.3, -0.25) is 4.79 Å². The van der Waals surface area contributed by atoms with Gasteiger partial charge in [0.1, 0.15) is 5.82 Å². The number of nitrogens with zero attached hydrogens (tertiary/aromatic N) is 1. The number of para-hydroxylation sites is 1. The zero-order chi connectivity index (χ0) is 20.9. The van der Waals surface area contributed by atoms with E-state index >= 15 is 0 Å². The molecule has 0 aliphatic rings. The molecule has 4 rings (SSSR count). The summed E-state index contributed by atoms with van der Waals surface area (Å²) in [7, 11) is 0. The maximum absolute atomic E-state index is 12.9. The number of Topliss-reactive ketones (excluding diaryl/α,β-unsaturated/α-hetero) is 1. The number of hydrogen-bond donors (Lipinski definition) is 0. The summed E-state index contributed by atoms with van der Waals surface area (Å²) in [4.78, 5) is 28.8. The third-order valence-corrected chi connectivity index (χ3v) is 6.58. The van der Waals surface area contributed by atoms with E-state index in [0.717, 1.165) is 25.9 Å². The van der Waals surface area contributed by atoms with Gasteiger partial charge in [0.2, 0.25) is 0 Å². The van der Waals surface area contributed by atoms with Crippen LogP contribution in [0.1, 0.15) is 26.3 Å². The summed E-state index contributed by atoms with van der Waals surface area (Å²) in [5, 5.41) is 0. The molecule has 0 saturated carbocycles. The van der Waals surface area contributed by atoms with Crippen molar-refractivity contribution in [2.75, 3.05) is 6.61 Å². The van der Waals surface area contributed by atoms with Gasteiger partial charge in [-0.1, -0.05) is 36.0 Å². The van der Waals surface area contributed by atoms with Crippen LogP contribution in [0.5, 0.6) is 0 Å². The summed E-state index contributed by atoms with van der Waals surface area (Å²) in [6, 6.07) is 20.2. The number of thiazole rings is 1. The Balaban J connectivity index is 1.30. The smallest absolute Gasteiger partial charge is 0.338 e. The Morgan fingerprint density at radius 3 is 2.37 bits per heavy atom. The standard InChI is InChI=1S/C23H16FNO3S2/c24-18-11-9-16(10-12-18)20(26)13-28-22(27)17-7-5-15(6-8-17)14-29-23-25-19-3-1-2-4-21(19)30-23/h1-12H,13-14H2. The largest absolute Gasteiger partial charge is 0.454 e. The van der Waals surface area contributed by atoms with Crippen molar-refractivity contribution >= 4 is 45.1 Å². The van der Waals surface area contributed by atoms with Gasteiger partial charge in [0.25, 0.3) is 0 Å². The number of thioether (sulfide) groups is 1. The first-order valence-electron chi connectivity index (χ1n) is 9.12. The normalized spacial score (nSPS) is 10.8. The molecule has 0 aliphatic carbocycles. The number of rotatable bonds is 7. The van der Waals surface area contributed by atoms with Crippen molar-refractivity contribution in [2.24, 2.45) is 0 Å². The van der Waals surface area contributed by atoms with Crippen LogP contribution in [0.15, 0.2) is 77.1 Å². The first kappa shape index (κ1) is 20.3. The second kappa shape index (κ2) is 9.19. The van der Waals surface area contributed by atoms with E-state index in [1.165, 1.54) is 24.3 Å². The lowest BCUT2D eigenvalue weighted by molar-refractivity contribution is 0.0474. The molecule has 0 radical (unpaired) electrons. The predicted molar refractivity (Wildman–Crippen MR) is 117 cm³/mol. The van der Waals surface area contributed by atoms with E-state index in [2.05, 4.69) is 11.1 Å². The number of ether oxygens (including phenoxy) is 1. The van der Waals surface area contributed by atoms with Crippen molar-refractivity contribution in [3.05, 3.63) is 95.3 Å². The highest BCUT2D eigenvalue weighted by Gasteiger charge is 2.12. The van der Waals surface area contributed by atoms with Gasteiger partial charge >= 0.3 is 5.97 Å². The molecule has 0 spiro atoms.